The van der Waals surface area contributed by atoms with E-state index in [2.05, 4.69) is 0 Å². The van der Waals surface area contributed by atoms with Gasteiger partial charge in [-0.05, 0) is 44.4 Å². The molecule has 0 spiro atoms. The van der Waals surface area contributed by atoms with Crippen LogP contribution in [-0.2, 0) is 14.8 Å². The highest BCUT2D eigenvalue weighted by Gasteiger charge is 2.33. The van der Waals surface area contributed by atoms with Gasteiger partial charge in [0.2, 0.25) is 15.9 Å². The van der Waals surface area contributed by atoms with Crippen LogP contribution in [0.25, 0.3) is 0 Å². The number of hydrogen-bond donors (Lipinski definition) is 0. The number of amides is 1. The lowest BCUT2D eigenvalue weighted by Crippen LogP contribution is -2.50. The molecule has 0 aliphatic carbocycles. The Labute approximate surface area is 147 Å². The van der Waals surface area contributed by atoms with Crippen molar-refractivity contribution in [1.82, 2.24) is 4.90 Å². The second kappa shape index (κ2) is 7.28. The summed E-state index contributed by atoms with van der Waals surface area (Å²) in [7, 11) is -3.70. The van der Waals surface area contributed by atoms with E-state index in [0.717, 1.165) is 29.8 Å². The van der Waals surface area contributed by atoms with Crippen molar-refractivity contribution in [3.8, 4) is 0 Å². The molecule has 2 rings (SSSR count). The van der Waals surface area contributed by atoms with E-state index in [4.69, 9.17) is 23.2 Å². The van der Waals surface area contributed by atoms with E-state index < -0.39 is 16.1 Å². The van der Waals surface area contributed by atoms with Crippen LogP contribution < -0.4 is 4.31 Å². The fraction of sp³-hybridized carbons (Fsp3) is 0.533. The van der Waals surface area contributed by atoms with E-state index in [9.17, 15) is 13.2 Å². The minimum absolute atomic E-state index is 0.217. The van der Waals surface area contributed by atoms with Gasteiger partial charge in [0.25, 0.3) is 0 Å². The smallest absolute Gasteiger partial charge is 0.246 e. The quantitative estimate of drug-likeness (QED) is 0.808. The van der Waals surface area contributed by atoms with Gasteiger partial charge in [-0.1, -0.05) is 23.2 Å². The Bertz CT molecular complexity index is 688. The van der Waals surface area contributed by atoms with Gasteiger partial charge in [0.05, 0.1) is 17.0 Å². The number of carbonyl (C=O) groups is 1. The van der Waals surface area contributed by atoms with Gasteiger partial charge in [0.1, 0.15) is 6.04 Å². The van der Waals surface area contributed by atoms with Crippen molar-refractivity contribution in [1.29, 1.82) is 0 Å². The Kier molecular flexibility index (Phi) is 5.81. The van der Waals surface area contributed by atoms with E-state index >= 15 is 0 Å². The summed E-state index contributed by atoms with van der Waals surface area (Å²) < 4.78 is 25.6. The van der Waals surface area contributed by atoms with Gasteiger partial charge in [-0.15, -0.1) is 0 Å². The van der Waals surface area contributed by atoms with Crippen molar-refractivity contribution in [2.45, 2.75) is 32.2 Å². The second-order valence-corrected chi connectivity index (χ2v) is 8.42. The zero-order chi connectivity index (χ0) is 17.2. The third-order valence-corrected chi connectivity index (χ3v) is 5.66. The maximum atomic E-state index is 12.7. The summed E-state index contributed by atoms with van der Waals surface area (Å²) in [6, 6.07) is 3.69. The molecular weight excluding hydrogens is 359 g/mol. The minimum Gasteiger partial charge on any atom is -0.341 e. The Morgan fingerprint density at radius 2 is 1.83 bits per heavy atom. The average molecular weight is 379 g/mol. The van der Waals surface area contributed by atoms with Gasteiger partial charge < -0.3 is 4.90 Å². The summed E-state index contributed by atoms with van der Waals surface area (Å²) in [5.74, 6) is -0.217. The molecule has 1 heterocycles. The summed E-state index contributed by atoms with van der Waals surface area (Å²) in [5, 5.41) is 0.591. The molecule has 23 heavy (non-hydrogen) atoms. The molecule has 1 amide bonds. The zero-order valence-corrected chi connectivity index (χ0v) is 15.5. The van der Waals surface area contributed by atoms with E-state index in [1.807, 2.05) is 0 Å². The molecule has 0 saturated carbocycles. The lowest BCUT2D eigenvalue weighted by molar-refractivity contribution is -0.132. The number of sulfonamides is 1. The lowest BCUT2D eigenvalue weighted by Gasteiger charge is -2.34. The van der Waals surface area contributed by atoms with Crippen LogP contribution in [0.1, 0.15) is 26.2 Å². The second-order valence-electron chi connectivity index (χ2n) is 5.72. The molecule has 1 aliphatic rings. The molecule has 0 aromatic heterocycles. The van der Waals surface area contributed by atoms with Crippen molar-refractivity contribution in [3.05, 3.63) is 28.2 Å². The Morgan fingerprint density at radius 1 is 1.22 bits per heavy atom. The van der Waals surface area contributed by atoms with Crippen molar-refractivity contribution < 1.29 is 13.2 Å². The van der Waals surface area contributed by atoms with Crippen molar-refractivity contribution in [3.63, 3.8) is 0 Å². The number of rotatable bonds is 4. The van der Waals surface area contributed by atoms with Crippen LogP contribution >= 0.6 is 23.2 Å². The summed E-state index contributed by atoms with van der Waals surface area (Å²) in [5.41, 5.74) is 0.222. The standard InChI is InChI=1S/C15H20Cl2N2O3S/c1-11(15(20)18-8-4-3-5-9-18)19(23(2,21)22)14-10-12(16)6-7-13(14)17/h6-7,10-11H,3-5,8-9H2,1-2H3/t11-/m0/s1. The van der Waals surface area contributed by atoms with Gasteiger partial charge in [0.15, 0.2) is 0 Å². The number of carbonyl (C=O) groups excluding carboxylic acids is 1. The third kappa shape index (κ3) is 4.31. The molecule has 1 aliphatic heterocycles. The van der Waals surface area contributed by atoms with Crippen LogP contribution in [0.2, 0.25) is 10.0 Å². The Balaban J connectivity index is 2.39. The summed E-state index contributed by atoms with van der Waals surface area (Å²) in [6.45, 7) is 2.89. The monoisotopic (exact) mass is 378 g/mol. The van der Waals surface area contributed by atoms with Crippen LogP contribution in [0, 0.1) is 0 Å². The number of likely N-dealkylation sites (tertiary alicyclic amines) is 1. The van der Waals surface area contributed by atoms with E-state index in [0.29, 0.717) is 18.1 Å². The minimum atomic E-state index is -3.70. The van der Waals surface area contributed by atoms with Crippen molar-refractivity contribution in [2.24, 2.45) is 0 Å². The van der Waals surface area contributed by atoms with Crippen molar-refractivity contribution >= 4 is 44.8 Å². The number of hydrogen-bond acceptors (Lipinski definition) is 3. The number of anilines is 1. The van der Waals surface area contributed by atoms with Gasteiger partial charge in [-0.2, -0.15) is 0 Å². The van der Waals surface area contributed by atoms with Gasteiger partial charge in [-0.3, -0.25) is 9.10 Å². The number of nitrogens with zero attached hydrogens (tertiary/aromatic N) is 2. The molecule has 5 nitrogen and oxygen atoms in total. The van der Waals surface area contributed by atoms with Crippen LogP contribution in [0.15, 0.2) is 18.2 Å². The van der Waals surface area contributed by atoms with Crippen molar-refractivity contribution in [2.75, 3.05) is 23.7 Å². The number of benzene rings is 1. The van der Waals surface area contributed by atoms with Gasteiger partial charge in [0, 0.05) is 18.1 Å². The molecule has 1 aromatic carbocycles. The first-order valence-corrected chi connectivity index (χ1v) is 10.1. The molecule has 8 heteroatoms. The summed E-state index contributed by atoms with van der Waals surface area (Å²) in [4.78, 5) is 14.4. The molecule has 1 atom stereocenters. The maximum absolute atomic E-state index is 12.7. The SMILES string of the molecule is C[C@@H](C(=O)N1CCCCC1)N(c1cc(Cl)ccc1Cl)S(C)(=O)=O. The van der Waals surface area contributed by atoms with E-state index in [1.165, 1.54) is 12.1 Å². The van der Waals surface area contributed by atoms with Crippen LogP contribution in [0.5, 0.6) is 0 Å². The molecule has 0 unspecified atom stereocenters. The molecular formula is C15H20Cl2N2O3S. The topological polar surface area (TPSA) is 57.7 Å². The third-order valence-electron chi connectivity index (χ3n) is 3.88. The average Bonchev–Trinajstić information content (AvgIpc) is 2.49. The highest BCUT2D eigenvalue weighted by Crippen LogP contribution is 2.32. The van der Waals surface area contributed by atoms with Crippen LogP contribution in [0.4, 0.5) is 5.69 Å². The highest BCUT2D eigenvalue weighted by atomic mass is 35.5. The summed E-state index contributed by atoms with van der Waals surface area (Å²) in [6.07, 6.45) is 4.03. The van der Waals surface area contributed by atoms with Crippen LogP contribution in [-0.4, -0.2) is 44.6 Å². The molecule has 128 valence electrons. The molecule has 1 fully saturated rings. The van der Waals surface area contributed by atoms with E-state index in [-0.39, 0.29) is 16.6 Å². The highest BCUT2D eigenvalue weighted by molar-refractivity contribution is 7.92. The first-order chi connectivity index (χ1) is 10.7. The lowest BCUT2D eigenvalue weighted by atomic mass is 10.1. The van der Waals surface area contributed by atoms with Gasteiger partial charge >= 0.3 is 0 Å². The first-order valence-electron chi connectivity index (χ1n) is 7.45. The van der Waals surface area contributed by atoms with Crippen LogP contribution in [0.3, 0.4) is 0 Å². The Hall–Kier alpha value is -0.980. The molecule has 0 radical (unpaired) electrons. The zero-order valence-electron chi connectivity index (χ0n) is 13.1. The fourth-order valence-electron chi connectivity index (χ4n) is 2.81. The normalized spacial score (nSPS) is 17.0. The number of piperidine rings is 1. The fourth-order valence-corrected chi connectivity index (χ4v) is 4.41. The molecule has 0 N–H and O–H groups in total. The predicted molar refractivity (Wildman–Crippen MR) is 93.7 cm³/mol. The predicted octanol–water partition coefficient (Wildman–Crippen LogP) is 3.16. The Morgan fingerprint density at radius 3 is 2.39 bits per heavy atom. The molecule has 1 aromatic rings. The number of halogens is 2. The van der Waals surface area contributed by atoms with Gasteiger partial charge in [-0.25, -0.2) is 8.42 Å². The molecule has 1 saturated heterocycles. The first kappa shape index (κ1) is 18.4. The van der Waals surface area contributed by atoms with E-state index in [1.54, 1.807) is 17.9 Å². The maximum Gasteiger partial charge on any atom is 0.246 e. The molecule has 0 bridgehead atoms. The largest absolute Gasteiger partial charge is 0.341 e. The summed E-state index contributed by atoms with van der Waals surface area (Å²) >= 11 is 12.1.